The van der Waals surface area contributed by atoms with Crippen LogP contribution in [0.2, 0.25) is 0 Å². The Kier molecular flexibility index (Phi) is 6.11. The molecule has 5 heteroatoms. The van der Waals surface area contributed by atoms with Gasteiger partial charge >= 0.3 is 0 Å². The van der Waals surface area contributed by atoms with Crippen LogP contribution in [0.25, 0.3) is 0 Å². The summed E-state index contributed by atoms with van der Waals surface area (Å²) in [5, 5.41) is 4.93. The molecule has 0 unspecified atom stereocenters. The van der Waals surface area contributed by atoms with Crippen LogP contribution in [0.3, 0.4) is 0 Å². The molecule has 0 fully saturated rings. The van der Waals surface area contributed by atoms with Gasteiger partial charge in [-0.2, -0.15) is 0 Å². The lowest BCUT2D eigenvalue weighted by molar-refractivity contribution is 0.0934. The van der Waals surface area contributed by atoms with E-state index in [1.807, 2.05) is 30.3 Å². The number of hydrogen-bond acceptors (Lipinski definition) is 4. The molecule has 3 nitrogen and oxygen atoms in total. The van der Waals surface area contributed by atoms with Gasteiger partial charge in [0.25, 0.3) is 5.91 Å². The van der Waals surface area contributed by atoms with Gasteiger partial charge in [0.05, 0.1) is 12.2 Å². The summed E-state index contributed by atoms with van der Waals surface area (Å²) in [6.45, 7) is 1.05. The standard InChI is InChI=1S/C15H17NO2S2/c1-18-9-8-16-15(17)13-6-2-3-7-14(13)20-11-12-5-4-10-19-12/h2-7,10H,8-9,11H2,1H3,(H,16,17). The number of amides is 1. The molecule has 1 N–H and O–H groups in total. The predicted octanol–water partition coefficient (Wildman–Crippen LogP) is 3.42. The van der Waals surface area contributed by atoms with Crippen LogP contribution in [0.1, 0.15) is 15.2 Å². The Morgan fingerprint density at radius 3 is 2.90 bits per heavy atom. The van der Waals surface area contributed by atoms with E-state index in [2.05, 4.69) is 16.8 Å². The second-order valence-corrected chi connectivity index (χ2v) is 6.16. The Morgan fingerprint density at radius 2 is 2.15 bits per heavy atom. The predicted molar refractivity (Wildman–Crippen MR) is 84.5 cm³/mol. The molecule has 0 bridgehead atoms. The lowest BCUT2D eigenvalue weighted by Gasteiger charge is -2.09. The van der Waals surface area contributed by atoms with Crippen LogP contribution in [0, 0.1) is 0 Å². The van der Waals surface area contributed by atoms with Crippen molar-refractivity contribution in [2.24, 2.45) is 0 Å². The number of thiophene rings is 1. The molecular formula is C15H17NO2S2. The molecule has 0 aliphatic carbocycles. The van der Waals surface area contributed by atoms with E-state index in [0.717, 1.165) is 16.2 Å². The first-order valence-corrected chi connectivity index (χ1v) is 8.19. The summed E-state index contributed by atoms with van der Waals surface area (Å²) in [7, 11) is 1.62. The number of methoxy groups -OCH3 is 1. The van der Waals surface area contributed by atoms with Gasteiger partial charge in [0.1, 0.15) is 0 Å². The van der Waals surface area contributed by atoms with Crippen molar-refractivity contribution in [1.82, 2.24) is 5.32 Å². The van der Waals surface area contributed by atoms with Crippen molar-refractivity contribution in [1.29, 1.82) is 0 Å². The van der Waals surface area contributed by atoms with Gasteiger partial charge in [-0.1, -0.05) is 18.2 Å². The average Bonchev–Trinajstić information content (AvgIpc) is 2.99. The van der Waals surface area contributed by atoms with Crippen molar-refractivity contribution in [3.05, 3.63) is 52.2 Å². The van der Waals surface area contributed by atoms with Crippen molar-refractivity contribution in [3.63, 3.8) is 0 Å². The number of rotatable bonds is 7. The normalized spacial score (nSPS) is 10.4. The Labute approximate surface area is 127 Å². The number of ether oxygens (including phenoxy) is 1. The molecule has 2 aromatic rings. The highest BCUT2D eigenvalue weighted by Gasteiger charge is 2.10. The third-order valence-corrected chi connectivity index (χ3v) is 4.85. The highest BCUT2D eigenvalue weighted by molar-refractivity contribution is 7.98. The molecule has 0 aliphatic rings. The smallest absolute Gasteiger partial charge is 0.252 e. The van der Waals surface area contributed by atoms with E-state index in [9.17, 15) is 4.79 Å². The molecule has 0 radical (unpaired) electrons. The zero-order valence-corrected chi connectivity index (χ0v) is 12.9. The van der Waals surface area contributed by atoms with Crippen molar-refractivity contribution in [2.75, 3.05) is 20.3 Å². The minimum absolute atomic E-state index is 0.0451. The summed E-state index contributed by atoms with van der Waals surface area (Å²) in [6.07, 6.45) is 0. The van der Waals surface area contributed by atoms with E-state index >= 15 is 0 Å². The Balaban J connectivity index is 1.99. The van der Waals surface area contributed by atoms with Crippen LogP contribution >= 0.6 is 23.1 Å². The highest BCUT2D eigenvalue weighted by atomic mass is 32.2. The van der Waals surface area contributed by atoms with E-state index < -0.39 is 0 Å². The molecule has 0 saturated heterocycles. The Hall–Kier alpha value is -1.30. The van der Waals surface area contributed by atoms with Crippen molar-refractivity contribution < 1.29 is 9.53 Å². The third-order valence-electron chi connectivity index (χ3n) is 2.67. The summed E-state index contributed by atoms with van der Waals surface area (Å²) in [5.74, 6) is 0.844. The molecule has 1 aromatic heterocycles. The summed E-state index contributed by atoms with van der Waals surface area (Å²) < 4.78 is 4.94. The van der Waals surface area contributed by atoms with Gasteiger partial charge in [0.15, 0.2) is 0 Å². The Morgan fingerprint density at radius 1 is 1.30 bits per heavy atom. The molecule has 0 atom stereocenters. The third kappa shape index (κ3) is 4.37. The number of carbonyl (C=O) groups is 1. The lowest BCUT2D eigenvalue weighted by atomic mass is 10.2. The van der Waals surface area contributed by atoms with Crippen LogP contribution in [-0.2, 0) is 10.5 Å². The average molecular weight is 307 g/mol. The minimum atomic E-state index is -0.0451. The molecule has 1 amide bonds. The van der Waals surface area contributed by atoms with E-state index in [1.54, 1.807) is 30.2 Å². The van der Waals surface area contributed by atoms with Crippen LogP contribution in [-0.4, -0.2) is 26.2 Å². The van der Waals surface area contributed by atoms with Crippen LogP contribution in [0.4, 0.5) is 0 Å². The molecule has 0 saturated carbocycles. The van der Waals surface area contributed by atoms with Crippen molar-refractivity contribution in [2.45, 2.75) is 10.6 Å². The topological polar surface area (TPSA) is 38.3 Å². The van der Waals surface area contributed by atoms with Gasteiger partial charge in [-0.25, -0.2) is 0 Å². The van der Waals surface area contributed by atoms with E-state index in [0.29, 0.717) is 13.2 Å². The summed E-state index contributed by atoms with van der Waals surface area (Å²) in [5.41, 5.74) is 0.727. The van der Waals surface area contributed by atoms with E-state index in [4.69, 9.17) is 4.74 Å². The van der Waals surface area contributed by atoms with Gasteiger partial charge in [-0.05, 0) is 23.6 Å². The molecule has 0 spiro atoms. The monoisotopic (exact) mass is 307 g/mol. The molecule has 20 heavy (non-hydrogen) atoms. The van der Waals surface area contributed by atoms with Gasteiger partial charge < -0.3 is 10.1 Å². The fraction of sp³-hybridized carbons (Fsp3) is 0.267. The largest absolute Gasteiger partial charge is 0.383 e. The fourth-order valence-electron chi connectivity index (χ4n) is 1.69. The maximum Gasteiger partial charge on any atom is 0.252 e. The number of thioether (sulfide) groups is 1. The number of carbonyl (C=O) groups excluding carboxylic acids is 1. The molecular weight excluding hydrogens is 290 g/mol. The molecule has 2 rings (SSSR count). The van der Waals surface area contributed by atoms with Crippen LogP contribution in [0.5, 0.6) is 0 Å². The van der Waals surface area contributed by atoms with E-state index in [1.165, 1.54) is 4.88 Å². The number of hydrogen-bond donors (Lipinski definition) is 1. The van der Waals surface area contributed by atoms with Crippen LogP contribution in [0.15, 0.2) is 46.7 Å². The van der Waals surface area contributed by atoms with Crippen molar-refractivity contribution >= 4 is 29.0 Å². The van der Waals surface area contributed by atoms with Gasteiger partial charge in [-0.3, -0.25) is 4.79 Å². The first kappa shape index (κ1) is 15.1. The quantitative estimate of drug-likeness (QED) is 0.629. The number of nitrogens with one attached hydrogen (secondary N) is 1. The maximum absolute atomic E-state index is 12.1. The fourth-order valence-corrected chi connectivity index (χ4v) is 3.51. The van der Waals surface area contributed by atoms with Crippen molar-refractivity contribution in [3.8, 4) is 0 Å². The molecule has 1 heterocycles. The lowest BCUT2D eigenvalue weighted by Crippen LogP contribution is -2.27. The van der Waals surface area contributed by atoms with Gasteiger partial charge in [-0.15, -0.1) is 23.1 Å². The maximum atomic E-state index is 12.1. The number of benzene rings is 1. The first-order chi connectivity index (χ1) is 9.81. The zero-order valence-electron chi connectivity index (χ0n) is 11.3. The van der Waals surface area contributed by atoms with Gasteiger partial charge in [0.2, 0.25) is 0 Å². The molecule has 106 valence electrons. The minimum Gasteiger partial charge on any atom is -0.383 e. The highest BCUT2D eigenvalue weighted by Crippen LogP contribution is 2.27. The summed E-state index contributed by atoms with van der Waals surface area (Å²) in [4.78, 5) is 14.4. The summed E-state index contributed by atoms with van der Waals surface area (Å²) in [6, 6.07) is 11.9. The van der Waals surface area contributed by atoms with Crippen LogP contribution < -0.4 is 5.32 Å². The first-order valence-electron chi connectivity index (χ1n) is 6.32. The molecule has 1 aromatic carbocycles. The summed E-state index contributed by atoms with van der Waals surface area (Å²) >= 11 is 3.43. The molecule has 0 aliphatic heterocycles. The Bertz CT molecular complexity index is 541. The van der Waals surface area contributed by atoms with Gasteiger partial charge in [0, 0.05) is 29.2 Å². The SMILES string of the molecule is COCCNC(=O)c1ccccc1SCc1cccs1. The zero-order chi connectivity index (χ0) is 14.2. The van der Waals surface area contributed by atoms with E-state index in [-0.39, 0.29) is 5.91 Å². The second-order valence-electron chi connectivity index (χ2n) is 4.11. The second kappa shape index (κ2) is 8.09.